The molecule has 1 N–H and O–H groups in total. The quantitative estimate of drug-likeness (QED) is 0.795. The van der Waals surface area contributed by atoms with Gasteiger partial charge in [0.2, 0.25) is 0 Å². The smallest absolute Gasteiger partial charge is 0.272 e. The molecule has 1 atom stereocenters. The standard InChI is InChI=1S/C18H15F2N3O/c1-12(13-2-4-14(19)5-3-13)21-18(24)17-10-11-23(22-17)16-8-6-15(20)7-9-16/h2-12H,1H3,(H,21,24). The largest absolute Gasteiger partial charge is 0.344 e. The summed E-state index contributed by atoms with van der Waals surface area (Å²) in [6.07, 6.45) is 1.63. The van der Waals surface area contributed by atoms with Gasteiger partial charge in [-0.25, -0.2) is 13.5 Å². The lowest BCUT2D eigenvalue weighted by atomic mass is 10.1. The molecule has 0 saturated carbocycles. The molecule has 122 valence electrons. The SMILES string of the molecule is CC(NC(=O)c1ccn(-c2ccc(F)cc2)n1)c1ccc(F)cc1. The molecule has 1 amide bonds. The van der Waals surface area contributed by atoms with Gasteiger partial charge in [0.25, 0.3) is 5.91 Å². The Labute approximate surface area is 137 Å². The number of rotatable bonds is 4. The van der Waals surface area contributed by atoms with Crippen molar-refractivity contribution in [3.63, 3.8) is 0 Å². The van der Waals surface area contributed by atoms with Crippen molar-refractivity contribution in [1.82, 2.24) is 15.1 Å². The van der Waals surface area contributed by atoms with Crippen LogP contribution < -0.4 is 5.32 Å². The van der Waals surface area contributed by atoms with Crippen molar-refractivity contribution in [2.45, 2.75) is 13.0 Å². The maximum atomic E-state index is 12.9. The molecule has 4 nitrogen and oxygen atoms in total. The lowest BCUT2D eigenvalue weighted by molar-refractivity contribution is 0.0934. The van der Waals surface area contributed by atoms with E-state index in [-0.39, 0.29) is 29.3 Å². The number of carbonyl (C=O) groups is 1. The zero-order valence-electron chi connectivity index (χ0n) is 12.9. The first-order chi connectivity index (χ1) is 11.5. The second-order valence-corrected chi connectivity index (χ2v) is 5.37. The van der Waals surface area contributed by atoms with Crippen molar-refractivity contribution < 1.29 is 13.6 Å². The van der Waals surface area contributed by atoms with Crippen LogP contribution in [0.1, 0.15) is 29.0 Å². The molecule has 0 aliphatic carbocycles. The van der Waals surface area contributed by atoms with Crippen molar-refractivity contribution >= 4 is 5.91 Å². The van der Waals surface area contributed by atoms with Crippen molar-refractivity contribution in [2.24, 2.45) is 0 Å². The number of hydrogen-bond acceptors (Lipinski definition) is 2. The minimum absolute atomic E-state index is 0.244. The number of nitrogens with one attached hydrogen (secondary N) is 1. The molecule has 0 aliphatic rings. The topological polar surface area (TPSA) is 46.9 Å². The molecular weight excluding hydrogens is 312 g/mol. The predicted molar refractivity (Wildman–Crippen MR) is 85.8 cm³/mol. The van der Waals surface area contributed by atoms with Crippen molar-refractivity contribution in [2.75, 3.05) is 0 Å². The molecule has 24 heavy (non-hydrogen) atoms. The zero-order valence-corrected chi connectivity index (χ0v) is 12.9. The summed E-state index contributed by atoms with van der Waals surface area (Å²) >= 11 is 0. The van der Waals surface area contributed by atoms with Gasteiger partial charge in [-0.3, -0.25) is 4.79 Å². The van der Waals surface area contributed by atoms with Crippen LogP contribution in [0, 0.1) is 11.6 Å². The van der Waals surface area contributed by atoms with Gasteiger partial charge in [0.1, 0.15) is 11.6 Å². The van der Waals surface area contributed by atoms with Crippen LogP contribution in [0.15, 0.2) is 60.8 Å². The summed E-state index contributed by atoms with van der Waals surface area (Å²) in [7, 11) is 0. The Hall–Kier alpha value is -3.02. The highest BCUT2D eigenvalue weighted by Crippen LogP contribution is 2.14. The first kappa shape index (κ1) is 15.9. The fraction of sp³-hybridized carbons (Fsp3) is 0.111. The van der Waals surface area contributed by atoms with Gasteiger partial charge in [0, 0.05) is 6.20 Å². The number of hydrogen-bond donors (Lipinski definition) is 1. The van der Waals surface area contributed by atoms with Gasteiger partial charge in [-0.05, 0) is 55.0 Å². The molecular formula is C18H15F2N3O. The normalized spacial score (nSPS) is 12.0. The summed E-state index contributed by atoms with van der Waals surface area (Å²) in [5, 5.41) is 7.00. The van der Waals surface area contributed by atoms with Gasteiger partial charge < -0.3 is 5.32 Å². The van der Waals surface area contributed by atoms with E-state index in [0.29, 0.717) is 5.69 Å². The van der Waals surface area contributed by atoms with E-state index in [1.165, 1.54) is 28.9 Å². The van der Waals surface area contributed by atoms with E-state index in [1.54, 1.807) is 36.5 Å². The monoisotopic (exact) mass is 327 g/mol. The zero-order chi connectivity index (χ0) is 17.1. The molecule has 1 heterocycles. The summed E-state index contributed by atoms with van der Waals surface area (Å²) in [4.78, 5) is 12.3. The third kappa shape index (κ3) is 3.48. The molecule has 0 aliphatic heterocycles. The van der Waals surface area contributed by atoms with Crippen LogP contribution in [0.5, 0.6) is 0 Å². The van der Waals surface area contributed by atoms with Gasteiger partial charge in [-0.2, -0.15) is 5.10 Å². The third-order valence-corrected chi connectivity index (χ3v) is 3.63. The summed E-state index contributed by atoms with van der Waals surface area (Å²) in [5.74, 6) is -1.00. The Kier molecular flexibility index (Phi) is 4.37. The Morgan fingerprint density at radius 2 is 1.58 bits per heavy atom. The second-order valence-electron chi connectivity index (χ2n) is 5.37. The minimum Gasteiger partial charge on any atom is -0.344 e. The molecule has 2 aromatic carbocycles. The highest BCUT2D eigenvalue weighted by molar-refractivity contribution is 5.92. The van der Waals surface area contributed by atoms with E-state index in [2.05, 4.69) is 10.4 Å². The molecule has 3 rings (SSSR count). The average Bonchev–Trinajstić information content (AvgIpc) is 3.06. The number of aromatic nitrogens is 2. The molecule has 1 unspecified atom stereocenters. The van der Waals surface area contributed by atoms with Crippen LogP contribution in [-0.4, -0.2) is 15.7 Å². The maximum Gasteiger partial charge on any atom is 0.272 e. The summed E-state index contributed by atoms with van der Waals surface area (Å²) in [5.41, 5.74) is 1.69. The fourth-order valence-electron chi connectivity index (χ4n) is 2.29. The van der Waals surface area contributed by atoms with Gasteiger partial charge in [-0.1, -0.05) is 12.1 Å². The minimum atomic E-state index is -0.340. The molecule has 0 fully saturated rings. The lowest BCUT2D eigenvalue weighted by Gasteiger charge is -2.13. The van der Waals surface area contributed by atoms with E-state index in [0.717, 1.165) is 5.56 Å². The molecule has 0 radical (unpaired) electrons. The summed E-state index contributed by atoms with van der Waals surface area (Å²) in [6, 6.07) is 13.0. The Morgan fingerprint density at radius 3 is 2.21 bits per heavy atom. The Bertz CT molecular complexity index is 841. The van der Waals surface area contributed by atoms with Crippen LogP contribution in [-0.2, 0) is 0 Å². The van der Waals surface area contributed by atoms with Gasteiger partial charge in [-0.15, -0.1) is 0 Å². The lowest BCUT2D eigenvalue weighted by Crippen LogP contribution is -2.27. The third-order valence-electron chi connectivity index (χ3n) is 3.63. The Morgan fingerprint density at radius 1 is 1.00 bits per heavy atom. The molecule has 0 saturated heterocycles. The van der Waals surface area contributed by atoms with E-state index >= 15 is 0 Å². The number of benzene rings is 2. The highest BCUT2D eigenvalue weighted by atomic mass is 19.1. The summed E-state index contributed by atoms with van der Waals surface area (Å²) < 4.78 is 27.4. The maximum absolute atomic E-state index is 12.9. The van der Waals surface area contributed by atoms with Gasteiger partial charge in [0.15, 0.2) is 5.69 Å². The van der Waals surface area contributed by atoms with E-state index in [4.69, 9.17) is 0 Å². The number of nitrogens with zero attached hydrogens (tertiary/aromatic N) is 2. The molecule has 3 aromatic rings. The molecule has 0 spiro atoms. The number of amides is 1. The first-order valence-electron chi connectivity index (χ1n) is 7.41. The van der Waals surface area contributed by atoms with E-state index < -0.39 is 0 Å². The molecule has 1 aromatic heterocycles. The molecule has 0 bridgehead atoms. The van der Waals surface area contributed by atoms with Gasteiger partial charge in [0.05, 0.1) is 11.7 Å². The highest BCUT2D eigenvalue weighted by Gasteiger charge is 2.14. The number of halogens is 2. The predicted octanol–water partition coefficient (Wildman–Crippen LogP) is 3.64. The van der Waals surface area contributed by atoms with Crippen LogP contribution >= 0.6 is 0 Å². The summed E-state index contributed by atoms with van der Waals surface area (Å²) in [6.45, 7) is 1.81. The Balaban J connectivity index is 1.71. The van der Waals surface area contributed by atoms with Crippen molar-refractivity contribution in [3.05, 3.63) is 83.7 Å². The van der Waals surface area contributed by atoms with Crippen LogP contribution in [0.2, 0.25) is 0 Å². The number of carbonyl (C=O) groups excluding carboxylic acids is 1. The van der Waals surface area contributed by atoms with Crippen LogP contribution in [0.3, 0.4) is 0 Å². The van der Waals surface area contributed by atoms with E-state index in [9.17, 15) is 13.6 Å². The van der Waals surface area contributed by atoms with Crippen molar-refractivity contribution in [1.29, 1.82) is 0 Å². The van der Waals surface area contributed by atoms with Crippen molar-refractivity contribution in [3.8, 4) is 5.69 Å². The average molecular weight is 327 g/mol. The van der Waals surface area contributed by atoms with E-state index in [1.807, 2.05) is 6.92 Å². The molecule has 6 heteroatoms. The first-order valence-corrected chi connectivity index (χ1v) is 7.41. The van der Waals surface area contributed by atoms with Crippen LogP contribution in [0.25, 0.3) is 5.69 Å². The van der Waals surface area contributed by atoms with Crippen LogP contribution in [0.4, 0.5) is 8.78 Å². The van der Waals surface area contributed by atoms with Gasteiger partial charge >= 0.3 is 0 Å². The second kappa shape index (κ2) is 6.62. The fourth-order valence-corrected chi connectivity index (χ4v) is 2.29.